The minimum atomic E-state index is -3.56. The molecule has 0 aromatic heterocycles. The van der Waals surface area contributed by atoms with Crippen LogP contribution in [0.2, 0.25) is 0 Å². The highest BCUT2D eigenvalue weighted by Crippen LogP contribution is 2.26. The van der Waals surface area contributed by atoms with E-state index in [0.717, 1.165) is 19.4 Å². The van der Waals surface area contributed by atoms with Gasteiger partial charge in [-0.1, -0.05) is 18.6 Å². The molecule has 0 bridgehead atoms. The number of sulfonamides is 1. The minimum absolute atomic E-state index is 0.238. The van der Waals surface area contributed by atoms with Gasteiger partial charge in [0.25, 0.3) is 10.0 Å². The van der Waals surface area contributed by atoms with E-state index in [4.69, 9.17) is 4.74 Å². The van der Waals surface area contributed by atoms with Gasteiger partial charge in [0.2, 0.25) is 5.90 Å². The zero-order valence-electron chi connectivity index (χ0n) is 11.9. The lowest BCUT2D eigenvalue weighted by Gasteiger charge is -2.23. The molecule has 3 rings (SSSR count). The SMILES string of the molecule is O=S1(=O)N=C(OCCC[C@H]2CCCCN2)c2ccccc21. The smallest absolute Gasteiger partial charge is 0.286 e. The van der Waals surface area contributed by atoms with Crippen molar-refractivity contribution < 1.29 is 13.2 Å². The third-order valence-electron chi connectivity index (χ3n) is 3.95. The largest absolute Gasteiger partial charge is 0.477 e. The maximum atomic E-state index is 11.9. The van der Waals surface area contributed by atoms with E-state index in [1.165, 1.54) is 19.3 Å². The summed E-state index contributed by atoms with van der Waals surface area (Å²) in [4.78, 5) is 0.244. The van der Waals surface area contributed by atoms with Crippen molar-refractivity contribution in [2.24, 2.45) is 4.40 Å². The van der Waals surface area contributed by atoms with Crippen LogP contribution in [0.25, 0.3) is 0 Å². The van der Waals surface area contributed by atoms with E-state index in [0.29, 0.717) is 18.2 Å². The van der Waals surface area contributed by atoms with Crippen molar-refractivity contribution in [3.05, 3.63) is 29.8 Å². The molecule has 1 fully saturated rings. The molecule has 0 radical (unpaired) electrons. The number of nitrogens with one attached hydrogen (secondary N) is 1. The van der Waals surface area contributed by atoms with Crippen LogP contribution in [-0.2, 0) is 14.8 Å². The molecule has 2 aliphatic rings. The van der Waals surface area contributed by atoms with Crippen LogP contribution in [-0.4, -0.2) is 33.5 Å². The summed E-state index contributed by atoms with van der Waals surface area (Å²) in [5.74, 6) is 0.238. The summed E-state index contributed by atoms with van der Waals surface area (Å²) in [5.41, 5.74) is 0.577. The summed E-state index contributed by atoms with van der Waals surface area (Å²) < 4.78 is 33.1. The Hall–Kier alpha value is -1.40. The van der Waals surface area contributed by atoms with Gasteiger partial charge in [-0.05, 0) is 44.4 Å². The highest BCUT2D eigenvalue weighted by Gasteiger charge is 2.29. The average molecular weight is 308 g/mol. The fraction of sp³-hybridized carbons (Fsp3) is 0.533. The molecule has 1 atom stereocenters. The molecule has 0 unspecified atom stereocenters. The second-order valence-corrected chi connectivity index (χ2v) is 7.08. The van der Waals surface area contributed by atoms with Gasteiger partial charge in [-0.2, -0.15) is 8.42 Å². The maximum absolute atomic E-state index is 11.9. The van der Waals surface area contributed by atoms with Crippen LogP contribution < -0.4 is 5.32 Å². The van der Waals surface area contributed by atoms with Crippen LogP contribution in [0.3, 0.4) is 0 Å². The molecule has 0 saturated carbocycles. The molecule has 1 aromatic rings. The van der Waals surface area contributed by atoms with Crippen molar-refractivity contribution in [3.63, 3.8) is 0 Å². The van der Waals surface area contributed by atoms with Crippen molar-refractivity contribution >= 4 is 15.9 Å². The third-order valence-corrected chi connectivity index (χ3v) is 5.26. The van der Waals surface area contributed by atoms with E-state index in [9.17, 15) is 8.42 Å². The predicted octanol–water partition coefficient (Wildman–Crippen LogP) is 2.07. The number of hydrogen-bond donors (Lipinski definition) is 1. The highest BCUT2D eigenvalue weighted by atomic mass is 32.2. The van der Waals surface area contributed by atoms with Crippen LogP contribution in [0.5, 0.6) is 0 Å². The van der Waals surface area contributed by atoms with Gasteiger partial charge in [-0.15, -0.1) is 4.40 Å². The van der Waals surface area contributed by atoms with E-state index in [1.54, 1.807) is 24.3 Å². The van der Waals surface area contributed by atoms with Crippen LogP contribution in [0.1, 0.15) is 37.7 Å². The van der Waals surface area contributed by atoms with E-state index in [1.807, 2.05) is 0 Å². The van der Waals surface area contributed by atoms with Gasteiger partial charge in [0.05, 0.1) is 12.2 Å². The van der Waals surface area contributed by atoms with E-state index >= 15 is 0 Å². The zero-order chi connectivity index (χ0) is 14.7. The molecule has 114 valence electrons. The molecule has 0 spiro atoms. The number of benzene rings is 1. The summed E-state index contributed by atoms with van der Waals surface area (Å²) in [6.07, 6.45) is 5.73. The van der Waals surface area contributed by atoms with Crippen molar-refractivity contribution in [1.82, 2.24) is 5.32 Å². The molecule has 2 aliphatic heterocycles. The van der Waals surface area contributed by atoms with Gasteiger partial charge in [-0.3, -0.25) is 0 Å². The molecule has 1 aromatic carbocycles. The fourth-order valence-electron chi connectivity index (χ4n) is 2.85. The lowest BCUT2D eigenvalue weighted by molar-refractivity contribution is 0.276. The van der Waals surface area contributed by atoms with Gasteiger partial charge in [0.1, 0.15) is 4.90 Å². The molecule has 5 nitrogen and oxygen atoms in total. The first-order chi connectivity index (χ1) is 10.2. The number of rotatable bonds is 4. The monoisotopic (exact) mass is 308 g/mol. The summed E-state index contributed by atoms with van der Waals surface area (Å²) in [6.45, 7) is 1.60. The Morgan fingerprint density at radius 3 is 2.95 bits per heavy atom. The first-order valence-electron chi connectivity index (χ1n) is 7.47. The Labute approximate surface area is 125 Å². The summed E-state index contributed by atoms with van der Waals surface area (Å²) in [6, 6.07) is 7.37. The van der Waals surface area contributed by atoms with E-state index < -0.39 is 10.0 Å². The van der Waals surface area contributed by atoms with Gasteiger partial charge in [0.15, 0.2) is 0 Å². The van der Waals surface area contributed by atoms with Gasteiger partial charge < -0.3 is 10.1 Å². The number of ether oxygens (including phenoxy) is 1. The average Bonchev–Trinajstić information content (AvgIpc) is 2.77. The Morgan fingerprint density at radius 1 is 1.29 bits per heavy atom. The predicted molar refractivity (Wildman–Crippen MR) is 81.0 cm³/mol. The molecule has 1 N–H and O–H groups in total. The minimum Gasteiger partial charge on any atom is -0.477 e. The molecular formula is C15H20N2O3S. The van der Waals surface area contributed by atoms with Crippen molar-refractivity contribution in [1.29, 1.82) is 0 Å². The van der Waals surface area contributed by atoms with Crippen molar-refractivity contribution in [2.75, 3.05) is 13.2 Å². The van der Waals surface area contributed by atoms with Gasteiger partial charge >= 0.3 is 0 Å². The maximum Gasteiger partial charge on any atom is 0.286 e. The molecule has 1 saturated heterocycles. The van der Waals surface area contributed by atoms with Crippen LogP contribution in [0.15, 0.2) is 33.6 Å². The number of fused-ring (bicyclic) bond motifs is 1. The van der Waals surface area contributed by atoms with Crippen LogP contribution >= 0.6 is 0 Å². The summed E-state index contributed by atoms with van der Waals surface area (Å²) >= 11 is 0. The second kappa shape index (κ2) is 6.15. The Morgan fingerprint density at radius 2 is 2.14 bits per heavy atom. The van der Waals surface area contributed by atoms with E-state index in [2.05, 4.69) is 9.71 Å². The zero-order valence-corrected chi connectivity index (χ0v) is 12.7. The molecule has 6 heteroatoms. The standard InChI is InChI=1S/C15H20N2O3S/c18-21(19)14-9-2-1-8-13(14)15(17-21)20-11-5-7-12-6-3-4-10-16-12/h1-2,8-9,12,16H,3-7,10-11H2/t12-/m1/s1. The van der Waals surface area contributed by atoms with Gasteiger partial charge in [0, 0.05) is 6.04 Å². The fourth-order valence-corrected chi connectivity index (χ4v) is 4.00. The Balaban J connectivity index is 1.54. The molecule has 0 amide bonds. The lowest BCUT2D eigenvalue weighted by Crippen LogP contribution is -2.34. The van der Waals surface area contributed by atoms with Crippen LogP contribution in [0.4, 0.5) is 0 Å². The molecule has 2 heterocycles. The normalized spacial score (nSPS) is 23.4. The topological polar surface area (TPSA) is 67.8 Å². The number of hydrogen-bond acceptors (Lipinski definition) is 4. The Bertz CT molecular complexity index is 634. The summed E-state index contributed by atoms with van der Waals surface area (Å²) in [5, 5.41) is 3.49. The number of piperidine rings is 1. The first-order valence-corrected chi connectivity index (χ1v) is 8.91. The Kier molecular flexibility index (Phi) is 4.26. The second-order valence-electron chi connectivity index (χ2n) is 5.51. The molecular weight excluding hydrogens is 288 g/mol. The van der Waals surface area contributed by atoms with Gasteiger partial charge in [-0.25, -0.2) is 0 Å². The molecule has 21 heavy (non-hydrogen) atoms. The third kappa shape index (κ3) is 3.27. The van der Waals surface area contributed by atoms with Crippen LogP contribution in [0, 0.1) is 0 Å². The molecule has 0 aliphatic carbocycles. The van der Waals surface area contributed by atoms with E-state index in [-0.39, 0.29) is 10.8 Å². The van der Waals surface area contributed by atoms with Crippen molar-refractivity contribution in [2.45, 2.75) is 43.0 Å². The van der Waals surface area contributed by atoms with Crippen molar-refractivity contribution in [3.8, 4) is 0 Å². The summed E-state index contributed by atoms with van der Waals surface area (Å²) in [7, 11) is -3.56. The number of nitrogens with zero attached hydrogens (tertiary/aromatic N) is 1. The lowest BCUT2D eigenvalue weighted by atomic mass is 10.0. The quantitative estimate of drug-likeness (QED) is 0.865. The highest BCUT2D eigenvalue weighted by molar-refractivity contribution is 7.90. The first kappa shape index (κ1) is 14.5.